The Hall–Kier alpha value is -3.00. The number of aryl methyl sites for hydroxylation is 1. The summed E-state index contributed by atoms with van der Waals surface area (Å²) in [7, 11) is 2.04. The van der Waals surface area contributed by atoms with E-state index in [0.717, 1.165) is 58.6 Å². The van der Waals surface area contributed by atoms with E-state index in [0.29, 0.717) is 6.04 Å². The molecule has 0 radical (unpaired) electrons. The molecule has 0 amide bonds. The SMILES string of the molecule is Cc1ccnc(Nc2cccc(-c3cnc(N(C)C4CCC(C(=O)O)CC4)s3)n2)c1. The molecule has 3 aromatic heterocycles. The third-order valence-corrected chi connectivity index (χ3v) is 6.67. The molecule has 0 atom stereocenters. The maximum atomic E-state index is 11.2. The standard InChI is InChI=1S/C22H25N5O2S/c1-14-10-11-23-20(12-14)26-19-5-3-4-17(25-19)18-13-24-22(30-18)27(2)16-8-6-15(7-9-16)21(28)29/h3-5,10-13,15-16H,6-9H2,1-2H3,(H,28,29)(H,23,25,26). The predicted octanol–water partition coefficient (Wildman–Crippen LogP) is 4.73. The summed E-state index contributed by atoms with van der Waals surface area (Å²) in [6.07, 6.45) is 6.84. The number of anilines is 3. The van der Waals surface area contributed by atoms with Crippen LogP contribution in [0.3, 0.4) is 0 Å². The molecule has 0 unspecified atom stereocenters. The minimum absolute atomic E-state index is 0.205. The van der Waals surface area contributed by atoms with E-state index >= 15 is 0 Å². The van der Waals surface area contributed by atoms with Gasteiger partial charge in [-0.1, -0.05) is 17.4 Å². The summed E-state index contributed by atoms with van der Waals surface area (Å²) in [4.78, 5) is 28.0. The van der Waals surface area contributed by atoms with Gasteiger partial charge in [0.25, 0.3) is 0 Å². The van der Waals surface area contributed by atoms with E-state index in [1.807, 2.05) is 50.5 Å². The first-order valence-electron chi connectivity index (χ1n) is 10.1. The Morgan fingerprint density at radius 2 is 1.97 bits per heavy atom. The normalized spacial score (nSPS) is 18.7. The number of pyridine rings is 2. The highest BCUT2D eigenvalue weighted by Gasteiger charge is 2.29. The van der Waals surface area contributed by atoms with Crippen LogP contribution >= 0.6 is 11.3 Å². The minimum Gasteiger partial charge on any atom is -0.481 e. The highest BCUT2D eigenvalue weighted by Crippen LogP contribution is 2.35. The number of carboxylic acids is 1. The Labute approximate surface area is 179 Å². The quantitative estimate of drug-likeness (QED) is 0.592. The van der Waals surface area contributed by atoms with Crippen LogP contribution in [0.4, 0.5) is 16.8 Å². The van der Waals surface area contributed by atoms with Gasteiger partial charge in [-0.2, -0.15) is 0 Å². The van der Waals surface area contributed by atoms with Crippen LogP contribution in [0.2, 0.25) is 0 Å². The van der Waals surface area contributed by atoms with E-state index in [2.05, 4.69) is 20.2 Å². The van der Waals surface area contributed by atoms with Crippen molar-refractivity contribution in [2.24, 2.45) is 5.92 Å². The number of nitrogens with zero attached hydrogens (tertiary/aromatic N) is 4. The van der Waals surface area contributed by atoms with Gasteiger partial charge in [0.05, 0.1) is 16.5 Å². The zero-order chi connectivity index (χ0) is 21.1. The molecule has 156 valence electrons. The summed E-state index contributed by atoms with van der Waals surface area (Å²) in [5.74, 6) is 0.624. The van der Waals surface area contributed by atoms with Crippen LogP contribution in [0.25, 0.3) is 10.6 Å². The number of hydrogen-bond acceptors (Lipinski definition) is 7. The second-order valence-electron chi connectivity index (χ2n) is 7.71. The molecule has 1 saturated carbocycles. The van der Waals surface area contributed by atoms with Gasteiger partial charge in [-0.05, 0) is 62.4 Å². The summed E-state index contributed by atoms with van der Waals surface area (Å²) < 4.78 is 0. The molecule has 4 rings (SSSR count). The molecule has 1 aliphatic rings. The zero-order valence-corrected chi connectivity index (χ0v) is 17.9. The van der Waals surface area contributed by atoms with Gasteiger partial charge in [0.1, 0.15) is 11.6 Å². The molecular formula is C22H25N5O2S. The van der Waals surface area contributed by atoms with E-state index in [1.165, 1.54) is 0 Å². The van der Waals surface area contributed by atoms with Crippen LogP contribution < -0.4 is 10.2 Å². The lowest BCUT2D eigenvalue weighted by Gasteiger charge is -2.33. The van der Waals surface area contributed by atoms with E-state index in [4.69, 9.17) is 4.98 Å². The molecule has 1 fully saturated rings. The van der Waals surface area contributed by atoms with Gasteiger partial charge < -0.3 is 15.3 Å². The third-order valence-electron chi connectivity index (χ3n) is 5.56. The summed E-state index contributed by atoms with van der Waals surface area (Å²) in [6.45, 7) is 2.03. The second kappa shape index (κ2) is 8.79. The molecule has 7 nitrogen and oxygen atoms in total. The molecule has 30 heavy (non-hydrogen) atoms. The number of hydrogen-bond donors (Lipinski definition) is 2. The first kappa shape index (κ1) is 20.3. The van der Waals surface area contributed by atoms with Gasteiger partial charge in [0, 0.05) is 25.5 Å². The van der Waals surface area contributed by atoms with Crippen LogP contribution in [0.15, 0.2) is 42.7 Å². The van der Waals surface area contributed by atoms with Gasteiger partial charge in [-0.3, -0.25) is 4.79 Å². The number of carboxylic acid groups (broad SMARTS) is 1. The van der Waals surface area contributed by atoms with Crippen LogP contribution in [-0.2, 0) is 4.79 Å². The minimum atomic E-state index is -0.673. The molecule has 8 heteroatoms. The van der Waals surface area contributed by atoms with Crippen molar-refractivity contribution in [2.75, 3.05) is 17.3 Å². The average molecular weight is 424 g/mol. The van der Waals surface area contributed by atoms with Crippen molar-refractivity contribution in [3.8, 4) is 10.6 Å². The Bertz CT molecular complexity index is 1030. The van der Waals surface area contributed by atoms with Crippen LogP contribution in [0.5, 0.6) is 0 Å². The zero-order valence-electron chi connectivity index (χ0n) is 17.1. The number of aromatic nitrogens is 3. The Balaban J connectivity index is 1.45. The first-order valence-corrected chi connectivity index (χ1v) is 10.9. The smallest absolute Gasteiger partial charge is 0.306 e. The molecule has 0 spiro atoms. The highest BCUT2D eigenvalue weighted by molar-refractivity contribution is 7.18. The Kier molecular flexibility index (Phi) is 5.94. The van der Waals surface area contributed by atoms with Crippen molar-refractivity contribution in [3.05, 3.63) is 48.3 Å². The number of thiazole rings is 1. The number of aliphatic carboxylic acids is 1. The molecule has 0 aromatic carbocycles. The van der Waals surface area contributed by atoms with E-state index < -0.39 is 5.97 Å². The summed E-state index contributed by atoms with van der Waals surface area (Å²) in [5.41, 5.74) is 2.00. The number of carbonyl (C=O) groups is 1. The number of rotatable bonds is 6. The highest BCUT2D eigenvalue weighted by atomic mass is 32.1. The maximum absolute atomic E-state index is 11.2. The summed E-state index contributed by atoms with van der Waals surface area (Å²) in [6, 6.07) is 10.1. The second-order valence-corrected chi connectivity index (χ2v) is 8.72. The van der Waals surface area contributed by atoms with Crippen LogP contribution in [-0.4, -0.2) is 39.1 Å². The first-order chi connectivity index (χ1) is 14.5. The van der Waals surface area contributed by atoms with Crippen molar-refractivity contribution < 1.29 is 9.90 Å². The third kappa shape index (κ3) is 4.59. The Morgan fingerprint density at radius 1 is 1.17 bits per heavy atom. The van der Waals surface area contributed by atoms with Crippen molar-refractivity contribution >= 4 is 34.1 Å². The maximum Gasteiger partial charge on any atom is 0.306 e. The molecule has 3 aromatic rings. The fourth-order valence-electron chi connectivity index (χ4n) is 3.79. The lowest BCUT2D eigenvalue weighted by Crippen LogP contribution is -2.36. The van der Waals surface area contributed by atoms with Crippen molar-refractivity contribution in [1.82, 2.24) is 15.0 Å². The predicted molar refractivity (Wildman–Crippen MR) is 119 cm³/mol. The monoisotopic (exact) mass is 423 g/mol. The number of nitrogens with one attached hydrogen (secondary N) is 1. The van der Waals surface area contributed by atoms with Crippen molar-refractivity contribution in [2.45, 2.75) is 38.6 Å². The van der Waals surface area contributed by atoms with Crippen LogP contribution in [0, 0.1) is 12.8 Å². The van der Waals surface area contributed by atoms with Gasteiger partial charge in [-0.15, -0.1) is 0 Å². The average Bonchev–Trinajstić information content (AvgIpc) is 3.24. The molecule has 1 aliphatic carbocycles. The fourth-order valence-corrected chi connectivity index (χ4v) is 4.71. The van der Waals surface area contributed by atoms with Gasteiger partial charge in [0.15, 0.2) is 5.13 Å². The molecular weight excluding hydrogens is 398 g/mol. The van der Waals surface area contributed by atoms with Gasteiger partial charge in [0.2, 0.25) is 0 Å². The lowest BCUT2D eigenvalue weighted by molar-refractivity contribution is -0.142. The molecule has 0 aliphatic heterocycles. The lowest BCUT2D eigenvalue weighted by atomic mass is 9.86. The van der Waals surface area contributed by atoms with Crippen molar-refractivity contribution in [1.29, 1.82) is 0 Å². The topological polar surface area (TPSA) is 91.2 Å². The summed E-state index contributed by atoms with van der Waals surface area (Å²) in [5, 5.41) is 13.4. The molecule has 3 heterocycles. The van der Waals surface area contributed by atoms with Gasteiger partial charge >= 0.3 is 5.97 Å². The largest absolute Gasteiger partial charge is 0.481 e. The molecule has 0 bridgehead atoms. The summed E-state index contributed by atoms with van der Waals surface area (Å²) >= 11 is 1.60. The molecule has 0 saturated heterocycles. The van der Waals surface area contributed by atoms with E-state index in [-0.39, 0.29) is 5.92 Å². The van der Waals surface area contributed by atoms with Gasteiger partial charge in [-0.25, -0.2) is 15.0 Å². The Morgan fingerprint density at radius 3 is 2.70 bits per heavy atom. The molecule has 2 N–H and O–H groups in total. The van der Waals surface area contributed by atoms with Crippen molar-refractivity contribution in [3.63, 3.8) is 0 Å². The van der Waals surface area contributed by atoms with E-state index in [9.17, 15) is 9.90 Å². The van der Waals surface area contributed by atoms with E-state index in [1.54, 1.807) is 17.5 Å². The van der Waals surface area contributed by atoms with Crippen LogP contribution in [0.1, 0.15) is 31.2 Å². The fraction of sp³-hybridized carbons (Fsp3) is 0.364.